The molecular weight excluding hydrogens is 366 g/mol. The SMILES string of the molecule is Cn1cc(C2=C3N=CN(N)C=C3N(Cc3cccc(C4=CCOCC4)c3)N2)cn1. The van der Waals surface area contributed by atoms with Crippen LogP contribution >= 0.6 is 0 Å². The lowest BCUT2D eigenvalue weighted by molar-refractivity contribution is 0.161. The molecule has 3 aliphatic rings. The Labute approximate surface area is 169 Å². The molecule has 0 fully saturated rings. The summed E-state index contributed by atoms with van der Waals surface area (Å²) >= 11 is 0. The minimum absolute atomic E-state index is 0.681. The van der Waals surface area contributed by atoms with Gasteiger partial charge in [-0.05, 0) is 29.2 Å². The third-order valence-electron chi connectivity index (χ3n) is 5.20. The van der Waals surface area contributed by atoms with Gasteiger partial charge >= 0.3 is 0 Å². The number of fused-ring (bicyclic) bond motifs is 1. The second-order valence-corrected chi connectivity index (χ2v) is 7.29. The van der Waals surface area contributed by atoms with Crippen molar-refractivity contribution in [1.82, 2.24) is 25.2 Å². The molecule has 0 saturated heterocycles. The van der Waals surface area contributed by atoms with Crippen LogP contribution in [0.15, 0.2) is 65.3 Å². The van der Waals surface area contributed by atoms with Crippen molar-refractivity contribution in [3.63, 3.8) is 0 Å². The molecule has 29 heavy (non-hydrogen) atoms. The maximum atomic E-state index is 5.95. The van der Waals surface area contributed by atoms with Crippen molar-refractivity contribution in [1.29, 1.82) is 0 Å². The predicted molar refractivity (Wildman–Crippen MR) is 111 cm³/mol. The zero-order valence-electron chi connectivity index (χ0n) is 16.2. The monoisotopic (exact) mass is 389 g/mol. The molecule has 4 heterocycles. The summed E-state index contributed by atoms with van der Waals surface area (Å²) in [7, 11) is 1.90. The minimum Gasteiger partial charge on any atom is -0.377 e. The van der Waals surface area contributed by atoms with Crippen LogP contribution in [-0.4, -0.2) is 39.4 Å². The molecule has 3 aliphatic heterocycles. The first-order valence-corrected chi connectivity index (χ1v) is 9.60. The second kappa shape index (κ2) is 7.23. The first-order valence-electron chi connectivity index (χ1n) is 9.60. The van der Waals surface area contributed by atoms with Gasteiger partial charge in [-0.25, -0.2) is 10.8 Å². The van der Waals surface area contributed by atoms with Crippen LogP contribution in [0.5, 0.6) is 0 Å². The fourth-order valence-electron chi connectivity index (χ4n) is 3.78. The highest BCUT2D eigenvalue weighted by molar-refractivity contribution is 5.77. The third-order valence-corrected chi connectivity index (χ3v) is 5.20. The quantitative estimate of drug-likeness (QED) is 0.778. The molecule has 0 bridgehead atoms. The number of nitrogens with two attached hydrogens (primary N) is 1. The second-order valence-electron chi connectivity index (χ2n) is 7.29. The summed E-state index contributed by atoms with van der Waals surface area (Å²) in [4.78, 5) is 4.55. The van der Waals surface area contributed by atoms with Crippen molar-refractivity contribution in [3.8, 4) is 0 Å². The van der Waals surface area contributed by atoms with E-state index in [4.69, 9.17) is 10.6 Å². The molecular formula is C21H23N7O. The Morgan fingerprint density at radius 2 is 2.21 bits per heavy atom. The maximum Gasteiger partial charge on any atom is 0.117 e. The van der Waals surface area contributed by atoms with Crippen LogP contribution in [0.1, 0.15) is 23.1 Å². The van der Waals surface area contributed by atoms with E-state index in [1.54, 1.807) is 11.0 Å². The molecule has 0 saturated carbocycles. The standard InChI is InChI=1S/C21H23N7O/c1-26-12-18(10-24-26)20-21-19(13-27(22)14-23-21)28(25-20)11-15-3-2-4-17(9-15)16-5-7-29-8-6-16/h2-5,9-10,12-14,25H,6-8,11,22H2,1H3. The van der Waals surface area contributed by atoms with E-state index in [2.05, 4.69) is 50.9 Å². The Balaban J connectivity index is 1.43. The van der Waals surface area contributed by atoms with Crippen molar-refractivity contribution in [2.75, 3.05) is 13.2 Å². The van der Waals surface area contributed by atoms with Crippen LogP contribution in [0.4, 0.5) is 0 Å². The Kier molecular flexibility index (Phi) is 4.42. The molecule has 0 unspecified atom stereocenters. The molecule has 0 atom stereocenters. The van der Waals surface area contributed by atoms with Crippen molar-refractivity contribution in [2.24, 2.45) is 17.9 Å². The fourth-order valence-corrected chi connectivity index (χ4v) is 3.78. The third kappa shape index (κ3) is 3.43. The largest absolute Gasteiger partial charge is 0.377 e. The van der Waals surface area contributed by atoms with Crippen LogP contribution < -0.4 is 11.3 Å². The molecule has 8 nitrogen and oxygen atoms in total. The van der Waals surface area contributed by atoms with Gasteiger partial charge in [0.05, 0.1) is 31.7 Å². The molecule has 3 N–H and O–H groups in total. The van der Waals surface area contributed by atoms with Gasteiger partial charge in [-0.1, -0.05) is 24.3 Å². The van der Waals surface area contributed by atoms with E-state index in [0.717, 1.165) is 35.7 Å². The van der Waals surface area contributed by atoms with Gasteiger partial charge in [0.15, 0.2) is 0 Å². The fraction of sp³-hybridized carbons (Fsp3) is 0.238. The van der Waals surface area contributed by atoms with Crippen LogP contribution in [-0.2, 0) is 18.3 Å². The van der Waals surface area contributed by atoms with E-state index in [-0.39, 0.29) is 0 Å². The number of nitrogens with one attached hydrogen (secondary N) is 1. The average molecular weight is 389 g/mol. The molecule has 2 aromatic rings. The van der Waals surface area contributed by atoms with E-state index in [0.29, 0.717) is 13.2 Å². The van der Waals surface area contributed by atoms with Gasteiger partial charge in [0.25, 0.3) is 0 Å². The Morgan fingerprint density at radius 1 is 1.28 bits per heavy atom. The van der Waals surface area contributed by atoms with Crippen molar-refractivity contribution >= 4 is 17.6 Å². The number of nitrogens with zero attached hydrogens (tertiary/aromatic N) is 5. The van der Waals surface area contributed by atoms with E-state index < -0.39 is 0 Å². The molecule has 8 heteroatoms. The van der Waals surface area contributed by atoms with Crippen molar-refractivity contribution in [3.05, 3.63) is 77.0 Å². The number of hydrazine groups is 2. The smallest absolute Gasteiger partial charge is 0.117 e. The molecule has 0 spiro atoms. The molecule has 0 radical (unpaired) electrons. The highest BCUT2D eigenvalue weighted by atomic mass is 16.5. The number of hydrogen-bond donors (Lipinski definition) is 2. The molecule has 1 aromatic heterocycles. The number of rotatable bonds is 4. The van der Waals surface area contributed by atoms with Crippen molar-refractivity contribution < 1.29 is 4.74 Å². The van der Waals surface area contributed by atoms with Crippen LogP contribution in [0.2, 0.25) is 0 Å². The zero-order chi connectivity index (χ0) is 19.8. The summed E-state index contributed by atoms with van der Waals surface area (Å²) < 4.78 is 7.22. The summed E-state index contributed by atoms with van der Waals surface area (Å²) in [6.07, 6.45) is 10.4. The summed E-state index contributed by atoms with van der Waals surface area (Å²) in [5.74, 6) is 5.95. The number of aromatic nitrogens is 2. The number of benzene rings is 1. The lowest BCUT2D eigenvalue weighted by Gasteiger charge is -2.24. The maximum absolute atomic E-state index is 5.95. The van der Waals surface area contributed by atoms with E-state index >= 15 is 0 Å². The molecule has 148 valence electrons. The predicted octanol–water partition coefficient (Wildman–Crippen LogP) is 1.97. The van der Waals surface area contributed by atoms with Gasteiger partial charge in [0, 0.05) is 25.0 Å². The summed E-state index contributed by atoms with van der Waals surface area (Å²) in [5, 5.41) is 7.84. The number of aryl methyl sites for hydroxylation is 1. The van der Waals surface area contributed by atoms with Gasteiger partial charge < -0.3 is 4.74 Å². The lowest BCUT2D eigenvalue weighted by atomic mass is 9.99. The Hall–Kier alpha value is -3.36. The summed E-state index contributed by atoms with van der Waals surface area (Å²) in [5.41, 5.74) is 11.0. The lowest BCUT2D eigenvalue weighted by Crippen LogP contribution is -2.33. The average Bonchev–Trinajstić information content (AvgIpc) is 3.32. The Bertz CT molecular complexity index is 1060. The van der Waals surface area contributed by atoms with Gasteiger partial charge in [-0.3, -0.25) is 20.1 Å². The highest BCUT2D eigenvalue weighted by Gasteiger charge is 2.30. The summed E-state index contributed by atoms with van der Waals surface area (Å²) in [6.45, 7) is 2.15. The molecule has 0 amide bonds. The van der Waals surface area contributed by atoms with Gasteiger partial charge in [0.1, 0.15) is 17.7 Å². The van der Waals surface area contributed by atoms with Gasteiger partial charge in [-0.2, -0.15) is 5.10 Å². The zero-order valence-corrected chi connectivity index (χ0v) is 16.2. The molecule has 5 rings (SSSR count). The molecule has 1 aromatic carbocycles. The normalized spacial score (nSPS) is 18.6. The van der Waals surface area contributed by atoms with Crippen molar-refractivity contribution in [2.45, 2.75) is 13.0 Å². The number of aliphatic imine (C=N–C) groups is 1. The number of ether oxygens (including phenoxy) is 1. The minimum atomic E-state index is 0.681. The molecule has 0 aliphatic carbocycles. The Morgan fingerprint density at radius 3 is 3.00 bits per heavy atom. The van der Waals surface area contributed by atoms with Gasteiger partial charge in [-0.15, -0.1) is 0 Å². The van der Waals surface area contributed by atoms with E-state index in [1.165, 1.54) is 21.7 Å². The highest BCUT2D eigenvalue weighted by Crippen LogP contribution is 2.34. The number of hydrogen-bond acceptors (Lipinski definition) is 7. The van der Waals surface area contributed by atoms with Crippen LogP contribution in [0, 0.1) is 0 Å². The first-order chi connectivity index (χ1) is 14.2. The van der Waals surface area contributed by atoms with E-state index in [9.17, 15) is 0 Å². The topological polar surface area (TPSA) is 83.9 Å². The van der Waals surface area contributed by atoms with E-state index in [1.807, 2.05) is 25.6 Å². The summed E-state index contributed by atoms with van der Waals surface area (Å²) in [6, 6.07) is 8.65. The first kappa shape index (κ1) is 17.7. The van der Waals surface area contributed by atoms with Gasteiger partial charge in [0.2, 0.25) is 0 Å². The van der Waals surface area contributed by atoms with Crippen LogP contribution in [0.25, 0.3) is 11.3 Å². The van der Waals surface area contributed by atoms with Crippen LogP contribution in [0.3, 0.4) is 0 Å².